The topological polar surface area (TPSA) is 485 Å². The molecule has 143 heavy (non-hydrogen) atoms. The van der Waals surface area contributed by atoms with Gasteiger partial charge in [-0.1, -0.05) is 112 Å². The van der Waals surface area contributed by atoms with Crippen LogP contribution in [0.1, 0.15) is 213 Å². The minimum absolute atomic E-state index is 0.0171. The quantitative estimate of drug-likeness (QED) is 0.0153. The van der Waals surface area contributed by atoms with Gasteiger partial charge in [-0.25, -0.2) is 13.8 Å². The summed E-state index contributed by atoms with van der Waals surface area (Å²) in [4.78, 5) is 64.9. The Morgan fingerprint density at radius 2 is 0.790 bits per heavy atom. The lowest BCUT2D eigenvalue weighted by Crippen LogP contribution is -2.56. The average molecular weight is 2060 g/mol. The number of carbonyl (C=O) groups excluding carboxylic acids is 5. The summed E-state index contributed by atoms with van der Waals surface area (Å²) in [6, 6.07) is 32.9. The molecule has 8 atom stereocenters. The van der Waals surface area contributed by atoms with Gasteiger partial charge in [0.05, 0.1) is 87.6 Å². The van der Waals surface area contributed by atoms with Gasteiger partial charge in [0.15, 0.2) is 26.4 Å². The first kappa shape index (κ1) is 107. The van der Waals surface area contributed by atoms with Crippen LogP contribution in [0.3, 0.4) is 0 Å². The van der Waals surface area contributed by atoms with Crippen molar-refractivity contribution >= 4 is 81.3 Å². The van der Waals surface area contributed by atoms with E-state index in [0.29, 0.717) is 164 Å². The van der Waals surface area contributed by atoms with Crippen molar-refractivity contribution in [2.24, 2.45) is 5.41 Å². The molecule has 6 fully saturated rings. The largest absolute Gasteiger partial charge is 0.484 e. The fourth-order valence-corrected chi connectivity index (χ4v) is 15.9. The molecule has 0 radical (unpaired) electrons. The van der Waals surface area contributed by atoms with Crippen molar-refractivity contribution in [3.63, 3.8) is 0 Å². The number of halogens is 7. The summed E-state index contributed by atoms with van der Waals surface area (Å²) in [6.45, 7) is 13.6. The van der Waals surface area contributed by atoms with Gasteiger partial charge < -0.3 is 116 Å². The zero-order valence-corrected chi connectivity index (χ0v) is 81.8. The lowest BCUT2D eigenvalue weighted by atomic mass is 9.50. The summed E-state index contributed by atoms with van der Waals surface area (Å²) in [5.41, 5.74) is 1.93. The molecule has 47 heteroatoms. The van der Waals surface area contributed by atoms with Crippen LogP contribution >= 0.6 is 34.8 Å². The number of fused-ring (bicyclic) bond motifs is 1. The predicted octanol–water partition coefficient (Wildman–Crippen LogP) is 15.8. The van der Waals surface area contributed by atoms with E-state index < -0.39 is 23.9 Å². The lowest BCUT2D eigenvalue weighted by molar-refractivity contribution is -0.226. The molecule has 1 spiro atoms. The zero-order valence-electron chi connectivity index (χ0n) is 79.5. The number of rotatable bonds is 40. The van der Waals surface area contributed by atoms with Crippen LogP contribution in [-0.2, 0) is 42.9 Å². The Morgan fingerprint density at radius 1 is 0.413 bits per heavy atom. The van der Waals surface area contributed by atoms with E-state index in [-0.39, 0.29) is 165 Å². The van der Waals surface area contributed by atoms with Crippen LogP contribution in [0.5, 0.6) is 47.3 Å². The Balaban J connectivity index is 0.000000150. The number of anilines is 1. The van der Waals surface area contributed by atoms with E-state index in [0.717, 1.165) is 82.2 Å². The maximum Gasteiger partial charge on any atom is 0.414 e. The smallest absolute Gasteiger partial charge is 0.414 e. The van der Waals surface area contributed by atoms with Crippen LogP contribution in [-0.4, -0.2) is 214 Å². The number of nitrogens with zero attached hydrogens (tertiary/aromatic N) is 11. The maximum absolute atomic E-state index is 13.7. The number of aromatic nitrogens is 11. The van der Waals surface area contributed by atoms with Gasteiger partial charge in [-0.3, -0.25) is 24.0 Å². The number of hydrogen-bond donors (Lipinski definition) is 6. The number of ether oxygens (including phenoxy) is 13. The van der Waals surface area contributed by atoms with Crippen LogP contribution in [0.25, 0.3) is 10.9 Å². The molecule has 0 unspecified atom stereocenters. The predicted molar refractivity (Wildman–Crippen MR) is 503 cm³/mol. The number of pyridine rings is 1. The molecule has 10 heterocycles. The van der Waals surface area contributed by atoms with Gasteiger partial charge in [-0.2, -0.15) is 8.78 Å². The molecule has 6 aliphatic rings. The molecule has 4 aliphatic heterocycles. The third kappa shape index (κ3) is 34.7. The van der Waals surface area contributed by atoms with Gasteiger partial charge in [-0.15, -0.1) is 25.5 Å². The second-order valence-corrected chi connectivity index (χ2v) is 35.7. The minimum Gasteiger partial charge on any atom is -0.484 e. The molecule has 4 saturated heterocycles. The Morgan fingerprint density at radius 3 is 1.17 bits per heavy atom. The van der Waals surface area contributed by atoms with Gasteiger partial charge in [0.25, 0.3) is 29.5 Å². The molecule has 2 saturated carbocycles. The molecule has 5 amide bonds. The Kier molecular flexibility index (Phi) is 40.6. The highest BCUT2D eigenvalue weighted by molar-refractivity contribution is 6.31. The highest BCUT2D eigenvalue weighted by Gasteiger charge is 2.55. The average Bonchev–Trinajstić information content (AvgIpc) is 1.68. The summed E-state index contributed by atoms with van der Waals surface area (Å²) >= 11 is 17.4. The third-order valence-corrected chi connectivity index (χ3v) is 23.4. The first-order chi connectivity index (χ1) is 69.1. The van der Waals surface area contributed by atoms with Crippen molar-refractivity contribution in [2.45, 2.75) is 211 Å². The van der Waals surface area contributed by atoms with E-state index in [1.165, 1.54) is 42.5 Å². The van der Waals surface area contributed by atoms with Crippen molar-refractivity contribution in [1.29, 1.82) is 0 Å². The third-order valence-electron chi connectivity index (χ3n) is 22.6. The summed E-state index contributed by atoms with van der Waals surface area (Å²) < 4.78 is 149. The van der Waals surface area contributed by atoms with Crippen LogP contribution in [0, 0.1) is 24.0 Å². The van der Waals surface area contributed by atoms with E-state index in [9.17, 15) is 41.5 Å². The van der Waals surface area contributed by atoms with E-state index in [4.69, 9.17) is 114 Å². The second-order valence-electron chi connectivity index (χ2n) is 34.4. The van der Waals surface area contributed by atoms with Gasteiger partial charge >= 0.3 is 36.4 Å². The van der Waals surface area contributed by atoms with E-state index >= 15 is 0 Å². The minimum atomic E-state index is -3.25. The number of aryl methyl sites for hydroxylation is 1. The fourth-order valence-electron chi connectivity index (χ4n) is 15.5. The van der Waals surface area contributed by atoms with E-state index in [2.05, 4.69) is 99.5 Å². The molecule has 5 aromatic carbocycles. The van der Waals surface area contributed by atoms with Gasteiger partial charge in [0.2, 0.25) is 29.5 Å². The Hall–Kier alpha value is -12.9. The SMILES string of the molecule is CC(F)(F)OCCOc1nnc([C@@H]2CC[C@@H](NC(=O)c3ccc4cc(Cl)c(F)cc4n3)CO2)o1.CCCNc1nnc(C2CC3(CC(NC(=O)COc4ccc(Cl)cc4)C3)C2)o1.CCCOc1nnc([C@@H]2CC[C@@H](NC(=O)COc3ccc(C)cc3)CO2)o1.CCCOc1nnc([C@@H]2CC[C@@H](NC(=O)COc3ccc(Cl)cc3)CO2)o1.CCCOc1nnc([C@@H]2CC[C@@H](NC(=O)COc3ccc(F)cc3)CO2)o1. The number of alkyl halides is 2. The summed E-state index contributed by atoms with van der Waals surface area (Å²) in [6.07, 6.45) is 8.62. The number of carbonyl (C=O) groups is 5. The molecule has 0 bridgehead atoms. The zero-order chi connectivity index (χ0) is 101. The normalized spacial score (nSPS) is 20.5. The van der Waals surface area contributed by atoms with Crippen molar-refractivity contribution in [3.8, 4) is 47.3 Å². The maximum atomic E-state index is 13.7. The van der Waals surface area contributed by atoms with Crippen LogP contribution in [0.15, 0.2) is 143 Å². The van der Waals surface area contributed by atoms with Gasteiger partial charge in [-0.05, 0) is 212 Å². The highest BCUT2D eigenvalue weighted by atomic mass is 35.5. The summed E-state index contributed by atoms with van der Waals surface area (Å²) in [5, 5.41) is 58.7. The van der Waals surface area contributed by atoms with Gasteiger partial charge in [0.1, 0.15) is 71.3 Å². The molecule has 2 aliphatic carbocycles. The number of nitrogens with one attached hydrogen (secondary N) is 6. The van der Waals surface area contributed by atoms with Crippen LogP contribution in [0.4, 0.5) is 23.6 Å². The molecule has 17 rings (SSSR count). The van der Waals surface area contributed by atoms with Crippen molar-refractivity contribution < 1.29 is 125 Å². The van der Waals surface area contributed by atoms with Crippen molar-refractivity contribution in [2.75, 3.05) is 97.8 Å². The van der Waals surface area contributed by atoms with Crippen LogP contribution < -0.4 is 69.8 Å². The summed E-state index contributed by atoms with van der Waals surface area (Å²) in [5.74, 6) is 2.66. The number of amides is 5. The second kappa shape index (κ2) is 54.0. The molecular weight excluding hydrogens is 1940 g/mol. The first-order valence-corrected chi connectivity index (χ1v) is 48.3. The highest BCUT2D eigenvalue weighted by Crippen LogP contribution is 2.62. The molecule has 11 aromatic rings. The first-order valence-electron chi connectivity index (χ1n) is 47.1. The van der Waals surface area contributed by atoms with Crippen LogP contribution in [0.2, 0.25) is 15.1 Å². The van der Waals surface area contributed by atoms with E-state index in [1.54, 1.807) is 54.6 Å². The monoisotopic (exact) mass is 2050 g/mol. The molecular formula is C96H114Cl3F4N17O23. The molecule has 6 N–H and O–H groups in total. The Labute approximate surface area is 834 Å². The van der Waals surface area contributed by atoms with E-state index in [1.807, 2.05) is 52.0 Å². The standard InChI is InChI=1S/C21H20ClF3N4O5.C20H25ClN4O3.C19H25N3O5.C18H22ClN3O5.C18H22FN3O5/c1-21(24,25)33-7-6-31-20-29-28-19(34-20)17-5-3-12(10-32-17)26-18(30)15-4-2-11-8-13(22)14(23)9-16(11)27-15;1-2-7-22-19-25-24-18(28-19)13-8-20(9-13)10-15(11-20)23-17(26)12-27-16-5-3-14(21)4-6-16;1-3-10-24-19-22-21-18(27-19)16-9-6-14(11-26-16)20-17(23)12-25-15-7-4-13(2)5-8-15;2*1-2-9-24-18-22-21-17(27-18)15-8-5-13(10-26-15)20-16(23)11-25-14-6-3-12(19)4-7-14/h2,4,8-9,12,17H,3,5-7,10H2,1H3,(H,26,30);3-6,13,15H,2,7-12H2,1H3,(H,22,25)(H,23,26);4-5,7-8,14,16H,3,6,9-12H2,1-2H3,(H,20,23);2*3-4,6-7,13,15H,2,5,8-11H2,1H3,(H,20,23)/t12-,17+;;14-,16+;2*13-,15+/m1.111/s1. The lowest BCUT2D eigenvalue weighted by Gasteiger charge is -2.56. The van der Waals surface area contributed by atoms with Crippen molar-refractivity contribution in [3.05, 3.63) is 189 Å². The fraction of sp³-hybridized carbons (Fsp3) is 0.500. The van der Waals surface area contributed by atoms with Crippen molar-refractivity contribution in [1.82, 2.24) is 82.6 Å². The van der Waals surface area contributed by atoms with Gasteiger partial charge in [0, 0.05) is 46.9 Å². The molecule has 40 nitrogen and oxygen atoms in total. The Bertz CT molecular complexity index is 5470. The molecule has 6 aromatic heterocycles. The number of benzene rings is 5. The molecule has 770 valence electrons. The number of hydrogen-bond acceptors (Lipinski definition) is 35. The summed E-state index contributed by atoms with van der Waals surface area (Å²) in [7, 11) is 0.